The van der Waals surface area contributed by atoms with Crippen LogP contribution < -0.4 is 14.8 Å². The maximum atomic E-state index is 12.7. The molecule has 0 aliphatic rings. The molecule has 1 heterocycles. The Morgan fingerprint density at radius 3 is 2.34 bits per heavy atom. The van der Waals surface area contributed by atoms with Crippen molar-refractivity contribution in [3.63, 3.8) is 0 Å². The van der Waals surface area contributed by atoms with Gasteiger partial charge in [-0.2, -0.15) is 13.2 Å². The monoisotopic (exact) mass is 445 g/mol. The van der Waals surface area contributed by atoms with Crippen molar-refractivity contribution in [2.75, 3.05) is 14.2 Å². The van der Waals surface area contributed by atoms with E-state index in [0.717, 1.165) is 12.1 Å². The van der Waals surface area contributed by atoms with Crippen LogP contribution in [0.25, 0.3) is 0 Å². The van der Waals surface area contributed by atoms with E-state index in [-0.39, 0.29) is 11.6 Å². The van der Waals surface area contributed by atoms with E-state index in [2.05, 4.69) is 15.5 Å². The van der Waals surface area contributed by atoms with Crippen LogP contribution in [-0.2, 0) is 15.8 Å². The van der Waals surface area contributed by atoms with E-state index in [1.165, 1.54) is 20.2 Å². The number of nitrogens with one attached hydrogen (secondary N) is 1. The fourth-order valence-corrected chi connectivity index (χ4v) is 2.63. The lowest BCUT2D eigenvalue weighted by Crippen LogP contribution is -2.28. The molecule has 3 aromatic rings. The van der Waals surface area contributed by atoms with Crippen LogP contribution in [0.5, 0.6) is 23.1 Å². The van der Waals surface area contributed by atoms with Crippen molar-refractivity contribution in [3.05, 3.63) is 78.0 Å². The highest BCUT2D eigenvalue weighted by Gasteiger charge is 2.30. The maximum Gasteiger partial charge on any atom is 0.417 e. The number of carbonyl (C=O) groups is 1. The van der Waals surface area contributed by atoms with Crippen molar-refractivity contribution in [3.8, 4) is 23.1 Å². The van der Waals surface area contributed by atoms with Gasteiger partial charge in [-0.15, -0.1) is 0 Å². The van der Waals surface area contributed by atoms with Crippen LogP contribution in [0.2, 0.25) is 0 Å². The van der Waals surface area contributed by atoms with Crippen molar-refractivity contribution in [2.45, 2.75) is 6.18 Å². The molecule has 0 aliphatic heterocycles. The van der Waals surface area contributed by atoms with Gasteiger partial charge in [-0.1, -0.05) is 23.4 Å². The molecule has 0 unspecified atom stereocenters. The highest BCUT2D eigenvalue weighted by molar-refractivity contribution is 6.45. The third kappa shape index (κ3) is 5.54. The SMILES string of the molecule is CNC(=O)/C(=N\OC)c1ccccc1Oc1cccc(Oc2ccc(C(F)(F)F)cn2)c1. The molecule has 0 bridgehead atoms. The van der Waals surface area contributed by atoms with Crippen LogP contribution in [0.15, 0.2) is 72.0 Å². The number of ether oxygens (including phenoxy) is 2. The number of aromatic nitrogens is 1. The Morgan fingerprint density at radius 2 is 1.72 bits per heavy atom. The molecule has 32 heavy (non-hydrogen) atoms. The lowest BCUT2D eigenvalue weighted by Gasteiger charge is -2.13. The number of oxime groups is 1. The Labute approximate surface area is 181 Å². The maximum absolute atomic E-state index is 12.7. The van der Waals surface area contributed by atoms with E-state index in [1.807, 2.05) is 0 Å². The topological polar surface area (TPSA) is 82.0 Å². The van der Waals surface area contributed by atoms with Gasteiger partial charge >= 0.3 is 6.18 Å². The van der Waals surface area contributed by atoms with E-state index < -0.39 is 17.6 Å². The summed E-state index contributed by atoms with van der Waals surface area (Å²) < 4.78 is 49.5. The van der Waals surface area contributed by atoms with Crippen molar-refractivity contribution in [2.24, 2.45) is 5.16 Å². The minimum Gasteiger partial charge on any atom is -0.457 e. The summed E-state index contributed by atoms with van der Waals surface area (Å²) in [6, 6.07) is 15.2. The number of hydrogen-bond acceptors (Lipinski definition) is 6. The molecule has 0 radical (unpaired) electrons. The summed E-state index contributed by atoms with van der Waals surface area (Å²) in [5.41, 5.74) is -0.459. The first-order valence-electron chi connectivity index (χ1n) is 9.23. The fraction of sp³-hybridized carbons (Fsp3) is 0.136. The number of alkyl halides is 3. The van der Waals surface area contributed by atoms with Gasteiger partial charge in [-0.3, -0.25) is 4.79 Å². The molecule has 1 amide bonds. The molecular formula is C22H18F3N3O4. The van der Waals surface area contributed by atoms with Gasteiger partial charge in [0.05, 0.1) is 11.1 Å². The molecule has 0 atom stereocenters. The number of likely N-dealkylation sites (N-methyl/N-ethyl adjacent to an activating group) is 1. The van der Waals surface area contributed by atoms with E-state index >= 15 is 0 Å². The third-order valence-electron chi connectivity index (χ3n) is 4.09. The molecule has 0 aliphatic carbocycles. The number of para-hydroxylation sites is 1. The summed E-state index contributed by atoms with van der Waals surface area (Å²) in [7, 11) is 2.79. The number of rotatable bonds is 7. The highest BCUT2D eigenvalue weighted by Crippen LogP contribution is 2.32. The van der Waals surface area contributed by atoms with Crippen LogP contribution in [-0.4, -0.2) is 30.8 Å². The van der Waals surface area contributed by atoms with Gasteiger partial charge in [-0.05, 0) is 30.3 Å². The zero-order valence-electron chi connectivity index (χ0n) is 17.0. The normalized spacial score (nSPS) is 11.6. The summed E-state index contributed by atoms with van der Waals surface area (Å²) >= 11 is 0. The Morgan fingerprint density at radius 1 is 1.00 bits per heavy atom. The van der Waals surface area contributed by atoms with Crippen LogP contribution in [0.4, 0.5) is 13.2 Å². The lowest BCUT2D eigenvalue weighted by molar-refractivity contribution is -0.137. The molecule has 2 aromatic carbocycles. The second kappa shape index (κ2) is 9.82. The van der Waals surface area contributed by atoms with Gasteiger partial charge in [0, 0.05) is 25.4 Å². The van der Waals surface area contributed by atoms with Crippen molar-refractivity contribution >= 4 is 11.6 Å². The number of halogens is 3. The Kier molecular flexibility index (Phi) is 6.93. The van der Waals surface area contributed by atoms with E-state index in [1.54, 1.807) is 42.5 Å². The van der Waals surface area contributed by atoms with Gasteiger partial charge in [0.15, 0.2) is 5.71 Å². The van der Waals surface area contributed by atoms with Gasteiger partial charge in [-0.25, -0.2) is 4.98 Å². The van der Waals surface area contributed by atoms with Crippen LogP contribution in [0.1, 0.15) is 11.1 Å². The summed E-state index contributed by atoms with van der Waals surface area (Å²) in [6.07, 6.45) is -3.78. The summed E-state index contributed by atoms with van der Waals surface area (Å²) in [4.78, 5) is 20.6. The Bertz CT molecular complexity index is 1120. The number of benzene rings is 2. The number of carbonyl (C=O) groups excluding carboxylic acids is 1. The van der Waals surface area contributed by atoms with Crippen molar-refractivity contribution in [1.82, 2.24) is 10.3 Å². The number of hydrogen-bond donors (Lipinski definition) is 1. The molecule has 0 saturated carbocycles. The molecular weight excluding hydrogens is 427 g/mol. The molecule has 3 rings (SSSR count). The standard InChI is InChI=1S/C22H18F3N3O4/c1-26-21(29)20(28-30-2)17-8-3-4-9-18(17)31-15-6-5-7-16(12-15)32-19-11-10-14(13-27-19)22(23,24)25/h3-13H,1-2H3,(H,26,29)/b28-20-. The van der Waals surface area contributed by atoms with Crippen LogP contribution >= 0.6 is 0 Å². The van der Waals surface area contributed by atoms with E-state index in [9.17, 15) is 18.0 Å². The molecule has 10 heteroatoms. The fourth-order valence-electron chi connectivity index (χ4n) is 2.63. The minimum atomic E-state index is -4.48. The average molecular weight is 445 g/mol. The predicted octanol–water partition coefficient (Wildman–Crippen LogP) is 4.78. The summed E-state index contributed by atoms with van der Waals surface area (Å²) in [5, 5.41) is 6.26. The Balaban J connectivity index is 1.83. The molecule has 0 spiro atoms. The third-order valence-corrected chi connectivity index (χ3v) is 4.09. The molecule has 166 valence electrons. The van der Waals surface area contributed by atoms with Crippen LogP contribution in [0, 0.1) is 0 Å². The smallest absolute Gasteiger partial charge is 0.417 e. The Hall–Kier alpha value is -4.08. The van der Waals surface area contributed by atoms with Gasteiger partial charge < -0.3 is 19.6 Å². The lowest BCUT2D eigenvalue weighted by atomic mass is 10.1. The molecule has 7 nitrogen and oxygen atoms in total. The zero-order chi connectivity index (χ0) is 23.1. The second-order valence-corrected chi connectivity index (χ2v) is 6.26. The predicted molar refractivity (Wildman–Crippen MR) is 110 cm³/mol. The number of pyridine rings is 1. The zero-order valence-corrected chi connectivity index (χ0v) is 17.0. The number of amides is 1. The first-order chi connectivity index (χ1) is 15.3. The van der Waals surface area contributed by atoms with Gasteiger partial charge in [0.2, 0.25) is 5.88 Å². The first-order valence-corrected chi connectivity index (χ1v) is 9.23. The van der Waals surface area contributed by atoms with Gasteiger partial charge in [0.25, 0.3) is 5.91 Å². The highest BCUT2D eigenvalue weighted by atomic mass is 19.4. The minimum absolute atomic E-state index is 0.00955. The molecule has 0 saturated heterocycles. The second-order valence-electron chi connectivity index (χ2n) is 6.26. The van der Waals surface area contributed by atoms with Crippen LogP contribution in [0.3, 0.4) is 0 Å². The van der Waals surface area contributed by atoms with E-state index in [4.69, 9.17) is 14.3 Å². The largest absolute Gasteiger partial charge is 0.457 e. The number of nitrogens with zero attached hydrogens (tertiary/aromatic N) is 2. The molecule has 1 aromatic heterocycles. The van der Waals surface area contributed by atoms with Crippen molar-refractivity contribution < 1.29 is 32.3 Å². The van der Waals surface area contributed by atoms with Gasteiger partial charge in [0.1, 0.15) is 24.4 Å². The first kappa shape index (κ1) is 22.6. The summed E-state index contributed by atoms with van der Waals surface area (Å²) in [6.45, 7) is 0. The van der Waals surface area contributed by atoms with Crippen molar-refractivity contribution in [1.29, 1.82) is 0 Å². The summed E-state index contributed by atoms with van der Waals surface area (Å²) in [5.74, 6) is 0.509. The quantitative estimate of drug-likeness (QED) is 0.418. The average Bonchev–Trinajstić information content (AvgIpc) is 2.77. The van der Waals surface area contributed by atoms with E-state index in [0.29, 0.717) is 29.0 Å². The molecule has 1 N–H and O–H groups in total. The molecule has 0 fully saturated rings.